The Morgan fingerprint density at radius 1 is 1.09 bits per heavy atom. The fourth-order valence-corrected chi connectivity index (χ4v) is 3.63. The van der Waals surface area contributed by atoms with Gasteiger partial charge >= 0.3 is 5.97 Å². The summed E-state index contributed by atoms with van der Waals surface area (Å²) < 4.78 is 11.0. The molecule has 1 aromatic rings. The van der Waals surface area contributed by atoms with E-state index in [9.17, 15) is 4.79 Å². The van der Waals surface area contributed by atoms with Crippen molar-refractivity contribution in [2.45, 2.75) is 63.7 Å². The van der Waals surface area contributed by atoms with E-state index in [2.05, 4.69) is 13.8 Å². The van der Waals surface area contributed by atoms with Gasteiger partial charge in [-0.05, 0) is 62.3 Å². The molecule has 0 aliphatic heterocycles. The predicted octanol–water partition coefficient (Wildman–Crippen LogP) is 5.63. The summed E-state index contributed by atoms with van der Waals surface area (Å²) in [6, 6.07) is 7.70. The van der Waals surface area contributed by atoms with Gasteiger partial charge < -0.3 is 8.92 Å². The highest BCUT2D eigenvalue weighted by molar-refractivity contribution is 7.95. The number of hydrogen-bond acceptors (Lipinski definition) is 4. The Hall–Kier alpha value is -1.16. The zero-order valence-corrected chi connectivity index (χ0v) is 15.1. The van der Waals surface area contributed by atoms with Crippen molar-refractivity contribution in [1.82, 2.24) is 0 Å². The first-order valence-corrected chi connectivity index (χ1v) is 9.58. The predicted molar refractivity (Wildman–Crippen MR) is 94.5 cm³/mol. The highest BCUT2D eigenvalue weighted by Crippen LogP contribution is 2.33. The maximum absolute atomic E-state index is 12.2. The molecular weight excluding hydrogens is 308 g/mol. The van der Waals surface area contributed by atoms with Gasteiger partial charge in [-0.2, -0.15) is 0 Å². The van der Waals surface area contributed by atoms with E-state index < -0.39 is 0 Å². The number of hydrogen-bond donors (Lipinski definition) is 0. The summed E-state index contributed by atoms with van der Waals surface area (Å²) in [5, 5.41) is 0. The molecule has 0 heterocycles. The fourth-order valence-electron chi connectivity index (χ4n) is 3.06. The number of carbonyl (C=O) groups is 1. The van der Waals surface area contributed by atoms with E-state index in [1.54, 1.807) is 0 Å². The molecule has 0 N–H and O–H groups in total. The van der Waals surface area contributed by atoms with Crippen LogP contribution in [0.25, 0.3) is 0 Å². The van der Waals surface area contributed by atoms with Gasteiger partial charge in [0.2, 0.25) is 0 Å². The van der Waals surface area contributed by atoms with Crippen molar-refractivity contribution in [2.24, 2.45) is 11.8 Å². The minimum Gasteiger partial charge on any atom is -0.494 e. The minimum atomic E-state index is -0.0590. The Morgan fingerprint density at radius 3 is 2.39 bits per heavy atom. The number of ether oxygens (including phenoxy) is 1. The maximum Gasteiger partial charge on any atom is 0.321 e. The summed E-state index contributed by atoms with van der Waals surface area (Å²) in [5.41, 5.74) is 0. The van der Waals surface area contributed by atoms with Crippen molar-refractivity contribution in [2.75, 3.05) is 6.61 Å². The number of rotatable bonds is 8. The van der Waals surface area contributed by atoms with E-state index in [1.807, 2.05) is 24.3 Å². The first-order chi connectivity index (χ1) is 11.2. The molecule has 0 unspecified atom stereocenters. The van der Waals surface area contributed by atoms with Crippen LogP contribution in [0, 0.1) is 11.8 Å². The van der Waals surface area contributed by atoms with Gasteiger partial charge in [0.25, 0.3) is 0 Å². The molecular formula is C19H28O3S. The molecule has 23 heavy (non-hydrogen) atoms. The summed E-state index contributed by atoms with van der Waals surface area (Å²) in [6.07, 6.45) is 7.83. The molecule has 1 aliphatic carbocycles. The third-order valence-corrected chi connectivity index (χ3v) is 5.11. The second kappa shape index (κ2) is 9.86. The van der Waals surface area contributed by atoms with Gasteiger partial charge in [-0.1, -0.05) is 26.7 Å². The van der Waals surface area contributed by atoms with Gasteiger partial charge in [-0.15, -0.1) is 0 Å². The van der Waals surface area contributed by atoms with Crippen LogP contribution in [0.3, 0.4) is 0 Å². The zero-order valence-electron chi connectivity index (χ0n) is 14.3. The maximum atomic E-state index is 12.2. The van der Waals surface area contributed by atoms with Gasteiger partial charge in [-0.25, -0.2) is 0 Å². The lowest BCUT2D eigenvalue weighted by Crippen LogP contribution is -2.22. The quantitative estimate of drug-likeness (QED) is 0.576. The molecule has 0 saturated heterocycles. The molecule has 1 aromatic carbocycles. The molecule has 4 heteroatoms. The lowest BCUT2D eigenvalue weighted by molar-refractivity contribution is -0.138. The highest BCUT2D eigenvalue weighted by Gasteiger charge is 2.27. The van der Waals surface area contributed by atoms with Gasteiger partial charge in [0, 0.05) is 4.90 Å². The first kappa shape index (κ1) is 18.2. The first-order valence-electron chi connectivity index (χ1n) is 8.84. The molecule has 2 rings (SSSR count). The summed E-state index contributed by atoms with van der Waals surface area (Å²) in [4.78, 5) is 13.1. The van der Waals surface area contributed by atoms with Crippen LogP contribution in [-0.2, 0) is 8.98 Å². The van der Waals surface area contributed by atoms with Crippen LogP contribution in [-0.4, -0.2) is 12.6 Å². The van der Waals surface area contributed by atoms with Gasteiger partial charge in [0.1, 0.15) is 5.75 Å². The average molecular weight is 336 g/mol. The molecule has 1 saturated carbocycles. The summed E-state index contributed by atoms with van der Waals surface area (Å²) in [5.74, 6) is 1.70. The van der Waals surface area contributed by atoms with Crippen LogP contribution in [0.2, 0.25) is 0 Å². The molecule has 0 spiro atoms. The Labute approximate surface area is 144 Å². The largest absolute Gasteiger partial charge is 0.494 e. The molecule has 1 fully saturated rings. The molecule has 1 aliphatic rings. The Kier molecular flexibility index (Phi) is 7.80. The summed E-state index contributed by atoms with van der Waals surface area (Å²) >= 11 is 1.16. The molecule has 0 aromatic heterocycles. The standard InChI is InChI=1S/C19H28O3S/c1-3-5-15-6-8-16(9-7-15)19(20)22-23-18-12-10-17(11-13-18)21-14-4-2/h10-13,15-16H,3-9,14H2,1-2H3. The third-order valence-electron chi connectivity index (χ3n) is 4.39. The van der Waals surface area contributed by atoms with E-state index >= 15 is 0 Å². The van der Waals surface area contributed by atoms with Crippen LogP contribution in [0.4, 0.5) is 0 Å². The smallest absolute Gasteiger partial charge is 0.321 e. The van der Waals surface area contributed by atoms with Crippen LogP contribution >= 0.6 is 12.0 Å². The van der Waals surface area contributed by atoms with Crippen LogP contribution in [0.15, 0.2) is 29.2 Å². The van der Waals surface area contributed by atoms with Crippen molar-refractivity contribution in [3.8, 4) is 5.75 Å². The minimum absolute atomic E-state index is 0.0590. The van der Waals surface area contributed by atoms with Gasteiger partial charge in [-0.3, -0.25) is 4.79 Å². The third kappa shape index (κ3) is 6.09. The summed E-state index contributed by atoms with van der Waals surface area (Å²) in [6.45, 7) is 5.04. The van der Waals surface area contributed by atoms with E-state index in [0.29, 0.717) is 0 Å². The van der Waals surface area contributed by atoms with Gasteiger partial charge in [0.15, 0.2) is 0 Å². The molecule has 0 amide bonds. The van der Waals surface area contributed by atoms with E-state index in [-0.39, 0.29) is 11.9 Å². The number of benzene rings is 1. The monoisotopic (exact) mass is 336 g/mol. The average Bonchev–Trinajstić information content (AvgIpc) is 2.59. The Bertz CT molecular complexity index is 464. The lowest BCUT2D eigenvalue weighted by atomic mass is 9.80. The fraction of sp³-hybridized carbons (Fsp3) is 0.632. The van der Waals surface area contributed by atoms with E-state index in [4.69, 9.17) is 8.92 Å². The van der Waals surface area contributed by atoms with Crippen molar-refractivity contribution in [1.29, 1.82) is 0 Å². The van der Waals surface area contributed by atoms with Crippen LogP contribution < -0.4 is 4.74 Å². The Balaban J connectivity index is 1.72. The van der Waals surface area contributed by atoms with Crippen molar-refractivity contribution in [3.05, 3.63) is 24.3 Å². The van der Waals surface area contributed by atoms with E-state index in [0.717, 1.165) is 54.5 Å². The molecule has 3 nitrogen and oxygen atoms in total. The topological polar surface area (TPSA) is 35.5 Å². The summed E-state index contributed by atoms with van der Waals surface area (Å²) in [7, 11) is 0. The zero-order chi connectivity index (χ0) is 16.5. The molecule has 0 radical (unpaired) electrons. The van der Waals surface area contributed by atoms with Crippen LogP contribution in [0.5, 0.6) is 5.75 Å². The van der Waals surface area contributed by atoms with Crippen molar-refractivity contribution in [3.63, 3.8) is 0 Å². The lowest BCUT2D eigenvalue weighted by Gasteiger charge is -2.26. The van der Waals surface area contributed by atoms with E-state index in [1.165, 1.54) is 25.7 Å². The molecule has 128 valence electrons. The second-order valence-corrected chi connectivity index (χ2v) is 7.12. The number of carbonyl (C=O) groups excluding carboxylic acids is 1. The van der Waals surface area contributed by atoms with Gasteiger partial charge in [0.05, 0.1) is 24.6 Å². The highest BCUT2D eigenvalue weighted by atomic mass is 32.2. The molecule has 0 atom stereocenters. The SMILES string of the molecule is CCCOc1ccc(SOC(=O)C2CCC(CCC)CC2)cc1. The van der Waals surface area contributed by atoms with Crippen molar-refractivity contribution >= 4 is 18.0 Å². The molecule has 0 bridgehead atoms. The normalized spacial score (nSPS) is 21.0. The van der Waals surface area contributed by atoms with Crippen LogP contribution in [0.1, 0.15) is 58.8 Å². The van der Waals surface area contributed by atoms with Crippen molar-refractivity contribution < 1.29 is 13.7 Å². The second-order valence-electron chi connectivity index (χ2n) is 6.31. The Morgan fingerprint density at radius 2 is 1.78 bits per heavy atom.